The van der Waals surface area contributed by atoms with Crippen molar-refractivity contribution in [1.82, 2.24) is 5.43 Å². The van der Waals surface area contributed by atoms with Gasteiger partial charge in [0.2, 0.25) is 0 Å². The topological polar surface area (TPSA) is 26.5 Å². The van der Waals surface area contributed by atoms with E-state index >= 15 is 0 Å². The molecule has 1 radical (unpaired) electrons. The Kier molecular flexibility index (Phi) is 0.891. The highest BCUT2D eigenvalue weighted by molar-refractivity contribution is 6.00. The van der Waals surface area contributed by atoms with Crippen LogP contribution in [0.15, 0.2) is 16.9 Å². The van der Waals surface area contributed by atoms with Gasteiger partial charge in [-0.1, -0.05) is 0 Å². The fraction of sp³-hybridized carbons (Fsp3) is 0.571. The maximum atomic E-state index is 3.93. The molecule has 0 aromatic rings. The Bertz CT molecular complexity index is 187. The third-order valence-corrected chi connectivity index (χ3v) is 1.84. The summed E-state index contributed by atoms with van der Waals surface area (Å²) in [5.41, 5.74) is 6.33. The highest BCUT2D eigenvalue weighted by Gasteiger charge is 2.29. The SMILES string of the molecule is CC1=N[N]C=C1C1CC1. The van der Waals surface area contributed by atoms with Crippen LogP contribution in [0.3, 0.4) is 0 Å². The van der Waals surface area contributed by atoms with Crippen molar-refractivity contribution in [2.75, 3.05) is 0 Å². The number of hydrogen-bond donors (Lipinski definition) is 0. The normalized spacial score (nSPS) is 25.0. The number of hydrogen-bond acceptors (Lipinski definition) is 1. The van der Waals surface area contributed by atoms with E-state index in [-0.39, 0.29) is 0 Å². The molecule has 0 amide bonds. The van der Waals surface area contributed by atoms with E-state index in [9.17, 15) is 0 Å². The van der Waals surface area contributed by atoms with Crippen molar-refractivity contribution in [1.29, 1.82) is 0 Å². The molecule has 1 aliphatic carbocycles. The molecule has 0 N–H and O–H groups in total. The maximum Gasteiger partial charge on any atom is 0.0650 e. The molecule has 2 rings (SSSR count). The first kappa shape index (κ1) is 5.03. The second-order valence-corrected chi connectivity index (χ2v) is 2.66. The molecule has 0 bridgehead atoms. The van der Waals surface area contributed by atoms with Gasteiger partial charge in [-0.25, -0.2) is 0 Å². The highest BCUT2D eigenvalue weighted by atomic mass is 15.3. The molecule has 0 spiro atoms. The second-order valence-electron chi connectivity index (χ2n) is 2.66. The third-order valence-electron chi connectivity index (χ3n) is 1.84. The average Bonchev–Trinajstić information content (AvgIpc) is 2.58. The first-order valence-electron chi connectivity index (χ1n) is 3.33. The Morgan fingerprint density at radius 1 is 1.56 bits per heavy atom. The summed E-state index contributed by atoms with van der Waals surface area (Å²) in [5, 5.41) is 3.93. The molecular formula is C7H9N2. The molecule has 0 aromatic carbocycles. The van der Waals surface area contributed by atoms with Crippen LogP contribution in [0.4, 0.5) is 0 Å². The average molecular weight is 121 g/mol. The van der Waals surface area contributed by atoms with E-state index in [0.29, 0.717) is 0 Å². The van der Waals surface area contributed by atoms with Gasteiger partial charge in [0, 0.05) is 0 Å². The van der Waals surface area contributed by atoms with Crippen LogP contribution in [-0.2, 0) is 0 Å². The molecule has 2 aliphatic rings. The van der Waals surface area contributed by atoms with Crippen molar-refractivity contribution in [2.45, 2.75) is 19.8 Å². The van der Waals surface area contributed by atoms with Crippen molar-refractivity contribution in [2.24, 2.45) is 11.0 Å². The predicted molar refractivity (Wildman–Crippen MR) is 36.0 cm³/mol. The van der Waals surface area contributed by atoms with E-state index < -0.39 is 0 Å². The van der Waals surface area contributed by atoms with Gasteiger partial charge in [-0.2, -0.15) is 10.5 Å². The van der Waals surface area contributed by atoms with E-state index in [4.69, 9.17) is 0 Å². The fourth-order valence-corrected chi connectivity index (χ4v) is 1.12. The summed E-state index contributed by atoms with van der Waals surface area (Å²) in [6.07, 6.45) is 4.58. The van der Waals surface area contributed by atoms with Gasteiger partial charge in [-0.3, -0.25) is 0 Å². The molecule has 0 atom stereocenters. The largest absolute Gasteiger partial charge is 0.159 e. The molecule has 2 nitrogen and oxygen atoms in total. The van der Waals surface area contributed by atoms with Crippen LogP contribution in [0.25, 0.3) is 0 Å². The second kappa shape index (κ2) is 1.59. The zero-order chi connectivity index (χ0) is 6.27. The molecule has 1 aliphatic heterocycles. The Morgan fingerprint density at radius 3 is 2.78 bits per heavy atom. The zero-order valence-corrected chi connectivity index (χ0v) is 5.46. The van der Waals surface area contributed by atoms with Crippen LogP contribution in [0.2, 0.25) is 0 Å². The Hall–Kier alpha value is -0.790. The van der Waals surface area contributed by atoms with E-state index in [1.54, 1.807) is 0 Å². The fourth-order valence-electron chi connectivity index (χ4n) is 1.12. The van der Waals surface area contributed by atoms with Crippen molar-refractivity contribution in [3.05, 3.63) is 11.8 Å². The van der Waals surface area contributed by atoms with Gasteiger partial charge < -0.3 is 0 Å². The standard InChI is InChI=1S/C7H9N2/c1-5-7(4-8-9-5)6-2-3-6/h4,6H,2-3H2,1H3. The lowest BCUT2D eigenvalue weighted by Crippen LogP contribution is -1.93. The summed E-state index contributed by atoms with van der Waals surface area (Å²) in [7, 11) is 0. The van der Waals surface area contributed by atoms with Gasteiger partial charge in [0.1, 0.15) is 0 Å². The number of nitrogens with zero attached hydrogens (tertiary/aromatic N) is 2. The predicted octanol–water partition coefficient (Wildman–Crippen LogP) is 1.27. The van der Waals surface area contributed by atoms with E-state index in [0.717, 1.165) is 11.6 Å². The van der Waals surface area contributed by atoms with Gasteiger partial charge in [0.25, 0.3) is 0 Å². The van der Waals surface area contributed by atoms with E-state index in [1.165, 1.54) is 18.4 Å². The van der Waals surface area contributed by atoms with Crippen LogP contribution >= 0.6 is 0 Å². The molecule has 1 saturated carbocycles. The van der Waals surface area contributed by atoms with Crippen LogP contribution in [0.1, 0.15) is 19.8 Å². The highest BCUT2D eigenvalue weighted by Crippen LogP contribution is 2.37. The van der Waals surface area contributed by atoms with Gasteiger partial charge in [0.05, 0.1) is 11.9 Å². The molecule has 47 valence electrons. The molecule has 0 aromatic heterocycles. The maximum absolute atomic E-state index is 3.93. The summed E-state index contributed by atoms with van der Waals surface area (Å²) in [4.78, 5) is 0. The van der Waals surface area contributed by atoms with Crippen molar-refractivity contribution < 1.29 is 0 Å². The molecule has 2 heteroatoms. The zero-order valence-electron chi connectivity index (χ0n) is 5.46. The van der Waals surface area contributed by atoms with Crippen LogP contribution in [0, 0.1) is 5.92 Å². The molecule has 1 fully saturated rings. The molecule has 0 saturated heterocycles. The van der Waals surface area contributed by atoms with Gasteiger partial charge >= 0.3 is 0 Å². The molecule has 0 unspecified atom stereocenters. The first-order chi connectivity index (χ1) is 4.38. The molecule has 1 heterocycles. The van der Waals surface area contributed by atoms with Gasteiger partial charge in [-0.15, -0.1) is 0 Å². The van der Waals surface area contributed by atoms with E-state index in [1.807, 2.05) is 13.1 Å². The summed E-state index contributed by atoms with van der Waals surface area (Å²) < 4.78 is 0. The monoisotopic (exact) mass is 121 g/mol. The lowest BCUT2D eigenvalue weighted by molar-refractivity contribution is 0.961. The van der Waals surface area contributed by atoms with Crippen LogP contribution in [-0.4, -0.2) is 5.71 Å². The van der Waals surface area contributed by atoms with Crippen molar-refractivity contribution >= 4 is 5.71 Å². The quantitative estimate of drug-likeness (QED) is 0.499. The summed E-state index contributed by atoms with van der Waals surface area (Å²) in [5.74, 6) is 0.806. The lowest BCUT2D eigenvalue weighted by Gasteiger charge is -1.92. The Balaban J connectivity index is 2.18. The lowest BCUT2D eigenvalue weighted by atomic mass is 10.1. The Labute approximate surface area is 54.6 Å². The van der Waals surface area contributed by atoms with Crippen molar-refractivity contribution in [3.8, 4) is 0 Å². The minimum Gasteiger partial charge on any atom is -0.159 e. The van der Waals surface area contributed by atoms with Crippen LogP contribution < -0.4 is 5.43 Å². The minimum atomic E-state index is 0.806. The number of rotatable bonds is 1. The summed E-state index contributed by atoms with van der Waals surface area (Å²) in [6.45, 7) is 2.03. The van der Waals surface area contributed by atoms with Crippen LogP contribution in [0.5, 0.6) is 0 Å². The molecule has 9 heavy (non-hydrogen) atoms. The Morgan fingerprint density at radius 2 is 2.33 bits per heavy atom. The minimum absolute atomic E-state index is 0.806. The van der Waals surface area contributed by atoms with Gasteiger partial charge in [0.15, 0.2) is 0 Å². The third kappa shape index (κ3) is 0.745. The number of allylic oxidation sites excluding steroid dienone is 1. The summed E-state index contributed by atoms with van der Waals surface area (Å²) in [6, 6.07) is 0. The smallest absolute Gasteiger partial charge is 0.0650 e. The summed E-state index contributed by atoms with van der Waals surface area (Å²) >= 11 is 0. The van der Waals surface area contributed by atoms with Crippen molar-refractivity contribution in [3.63, 3.8) is 0 Å². The van der Waals surface area contributed by atoms with Gasteiger partial charge in [-0.05, 0) is 31.3 Å². The molecular weight excluding hydrogens is 112 g/mol. The first-order valence-corrected chi connectivity index (χ1v) is 3.33. The van der Waals surface area contributed by atoms with E-state index in [2.05, 4.69) is 10.5 Å².